The van der Waals surface area contributed by atoms with Crippen LogP contribution in [-0.4, -0.2) is 38.9 Å². The van der Waals surface area contributed by atoms with Gasteiger partial charge in [-0.15, -0.1) is 13.2 Å². The van der Waals surface area contributed by atoms with Gasteiger partial charge in [0.05, 0.1) is 15.6 Å². The molecule has 0 atom stereocenters. The second-order valence-corrected chi connectivity index (χ2v) is 11.3. The van der Waals surface area contributed by atoms with Gasteiger partial charge in [-0.3, -0.25) is 10.1 Å². The van der Waals surface area contributed by atoms with Crippen molar-refractivity contribution >= 4 is 36.7 Å². The van der Waals surface area contributed by atoms with E-state index in [9.17, 15) is 40.1 Å². The van der Waals surface area contributed by atoms with Gasteiger partial charge in [0.1, 0.15) is 10.4 Å². The van der Waals surface area contributed by atoms with Crippen LogP contribution in [0.2, 0.25) is 0 Å². The third-order valence-electron chi connectivity index (χ3n) is 5.04. The fourth-order valence-corrected chi connectivity index (χ4v) is 5.25. The van der Waals surface area contributed by atoms with Gasteiger partial charge in [0.2, 0.25) is 11.6 Å². The van der Waals surface area contributed by atoms with E-state index in [1.807, 2.05) is 0 Å². The minimum atomic E-state index is -5.21. The van der Waals surface area contributed by atoms with Crippen molar-refractivity contribution in [3.05, 3.63) is 70.8 Å². The number of fused-ring (bicyclic) bond motifs is 1. The van der Waals surface area contributed by atoms with Crippen LogP contribution in [0.25, 0.3) is 22.6 Å². The first kappa shape index (κ1) is 26.9. The summed E-state index contributed by atoms with van der Waals surface area (Å²) in [7, 11) is -8.56. The smallest absolute Gasteiger partial charge is 0.436 e. The van der Waals surface area contributed by atoms with Gasteiger partial charge in [-0.05, 0) is 42.5 Å². The Morgan fingerprint density at radius 2 is 1.71 bits per heavy atom. The fourth-order valence-electron chi connectivity index (χ4n) is 3.28. The molecule has 0 amide bonds. The zero-order valence-corrected chi connectivity index (χ0v) is 20.6. The lowest BCUT2D eigenvalue weighted by Gasteiger charge is -2.13. The zero-order valence-electron chi connectivity index (χ0n) is 19.0. The molecule has 0 aliphatic carbocycles. The molecule has 200 valence electrons. The van der Waals surface area contributed by atoms with E-state index in [1.165, 1.54) is 31.2 Å². The van der Waals surface area contributed by atoms with Crippen molar-refractivity contribution in [3.8, 4) is 23.0 Å². The quantitative estimate of drug-likeness (QED) is 0.162. The minimum absolute atomic E-state index is 0.00192. The largest absolute Gasteiger partial charge is 0.573 e. The number of benzene rings is 3. The van der Waals surface area contributed by atoms with Crippen LogP contribution in [-0.2, 0) is 20.0 Å². The van der Waals surface area contributed by atoms with Crippen molar-refractivity contribution < 1.29 is 48.3 Å². The lowest BCUT2D eigenvalue weighted by molar-refractivity contribution is -0.385. The van der Waals surface area contributed by atoms with Gasteiger partial charge in [0.15, 0.2) is 21.2 Å². The number of hydrogen-bond donors (Lipinski definition) is 0. The molecular weight excluding hydrogens is 557 g/mol. The molecule has 0 unspecified atom stereocenters. The number of alkyl halides is 3. The highest BCUT2D eigenvalue weighted by Crippen LogP contribution is 2.37. The highest BCUT2D eigenvalue weighted by Gasteiger charge is 2.35. The highest BCUT2D eigenvalue weighted by molar-refractivity contribution is 7.91. The maximum absolute atomic E-state index is 12.7. The molecule has 4 rings (SSSR count). The first-order chi connectivity index (χ1) is 17.7. The number of hydrogen-bond acceptors (Lipinski definition) is 10. The normalized spacial score (nSPS) is 12.4. The number of nitro benzene ring substituents is 1. The number of rotatable bonds is 8. The monoisotopic (exact) mass is 572 g/mol. The van der Waals surface area contributed by atoms with E-state index < -0.39 is 53.3 Å². The summed E-state index contributed by atoms with van der Waals surface area (Å²) in [6, 6.07) is 10.7. The predicted octanol–water partition coefficient (Wildman–Crippen LogP) is 4.86. The Labute approximate surface area is 212 Å². The van der Waals surface area contributed by atoms with Crippen LogP contribution in [0.1, 0.15) is 6.92 Å². The molecule has 0 N–H and O–H groups in total. The molecule has 11 nitrogen and oxygen atoms in total. The molecule has 1 aromatic heterocycles. The molecule has 0 spiro atoms. The van der Waals surface area contributed by atoms with Crippen LogP contribution in [0.5, 0.6) is 11.5 Å². The van der Waals surface area contributed by atoms with Gasteiger partial charge in [0, 0.05) is 11.6 Å². The summed E-state index contributed by atoms with van der Waals surface area (Å²) < 4.78 is 102. The van der Waals surface area contributed by atoms with E-state index in [0.29, 0.717) is 0 Å². The molecule has 0 bridgehead atoms. The molecule has 0 aliphatic rings. The second-order valence-electron chi connectivity index (χ2n) is 7.52. The summed E-state index contributed by atoms with van der Waals surface area (Å²) in [6.07, 6.45) is -5.21. The molecule has 1 heterocycles. The SMILES string of the molecule is CCS(=O)(=O)c1ccc2oc(-c3ccc(OS(=O)(=O)c4ccccc4OC(F)(F)F)c([N+](=O)[O-])c3)nc2c1. The van der Waals surface area contributed by atoms with Crippen molar-refractivity contribution in [2.45, 2.75) is 23.1 Å². The van der Waals surface area contributed by atoms with Crippen LogP contribution in [0.3, 0.4) is 0 Å². The van der Waals surface area contributed by atoms with E-state index in [0.717, 1.165) is 36.4 Å². The van der Waals surface area contributed by atoms with Crippen molar-refractivity contribution in [2.24, 2.45) is 0 Å². The van der Waals surface area contributed by atoms with Gasteiger partial charge in [-0.25, -0.2) is 13.4 Å². The van der Waals surface area contributed by atoms with Gasteiger partial charge < -0.3 is 13.3 Å². The number of nitrogens with zero attached hydrogens (tertiary/aromatic N) is 2. The summed E-state index contributed by atoms with van der Waals surface area (Å²) >= 11 is 0. The number of para-hydroxylation sites is 1. The molecule has 0 fully saturated rings. The molecule has 0 aliphatic heterocycles. The molecule has 4 aromatic rings. The summed E-state index contributed by atoms with van der Waals surface area (Å²) in [6.45, 7) is 1.47. The number of ether oxygens (including phenoxy) is 1. The standard InChI is InChI=1S/C22H15F3N2O9S2/c1-2-37(30,31)14-8-10-17-15(12-14)26-21(34-17)13-7-9-18(16(11-13)27(28)29)36-38(32,33)20-6-4-3-5-19(20)35-22(23,24)25/h3-12H,2H2,1H3. The molecule has 16 heteroatoms. The lowest BCUT2D eigenvalue weighted by atomic mass is 10.2. The van der Waals surface area contributed by atoms with Gasteiger partial charge in [0.25, 0.3) is 0 Å². The van der Waals surface area contributed by atoms with E-state index in [2.05, 4.69) is 9.72 Å². The van der Waals surface area contributed by atoms with Crippen LogP contribution in [0.4, 0.5) is 18.9 Å². The fraction of sp³-hybridized carbons (Fsp3) is 0.136. The van der Waals surface area contributed by atoms with Crippen molar-refractivity contribution in [2.75, 3.05) is 5.75 Å². The number of nitro groups is 1. The summed E-state index contributed by atoms with van der Waals surface area (Å²) in [5, 5.41) is 11.7. The van der Waals surface area contributed by atoms with Gasteiger partial charge >= 0.3 is 22.2 Å². The van der Waals surface area contributed by atoms with Crippen LogP contribution in [0, 0.1) is 10.1 Å². The van der Waals surface area contributed by atoms with Crippen LogP contribution >= 0.6 is 0 Å². The third kappa shape index (κ3) is 5.55. The minimum Gasteiger partial charge on any atom is -0.436 e. The number of oxazole rings is 1. The van der Waals surface area contributed by atoms with E-state index in [4.69, 9.17) is 8.60 Å². The Bertz CT molecular complexity index is 1770. The maximum Gasteiger partial charge on any atom is 0.573 e. The Hall–Kier alpha value is -4.18. The third-order valence-corrected chi connectivity index (χ3v) is 8.05. The van der Waals surface area contributed by atoms with E-state index in [1.54, 1.807) is 0 Å². The molecule has 0 saturated carbocycles. The van der Waals surface area contributed by atoms with Crippen molar-refractivity contribution in [1.82, 2.24) is 4.98 Å². The Kier molecular flexibility index (Phi) is 6.79. The highest BCUT2D eigenvalue weighted by atomic mass is 32.2. The summed E-state index contributed by atoms with van der Waals surface area (Å²) in [4.78, 5) is 13.9. The number of halogens is 3. The van der Waals surface area contributed by atoms with Crippen LogP contribution in [0.15, 0.2) is 74.9 Å². The van der Waals surface area contributed by atoms with E-state index >= 15 is 0 Å². The van der Waals surface area contributed by atoms with E-state index in [-0.39, 0.29) is 33.2 Å². The number of aromatic nitrogens is 1. The molecule has 3 aromatic carbocycles. The zero-order chi connectivity index (χ0) is 27.9. The topological polar surface area (TPSA) is 156 Å². The molecule has 0 saturated heterocycles. The lowest BCUT2D eigenvalue weighted by Crippen LogP contribution is -2.20. The molecular formula is C22H15F3N2O9S2. The second kappa shape index (κ2) is 9.60. The average Bonchev–Trinajstić information content (AvgIpc) is 3.26. The first-order valence-corrected chi connectivity index (χ1v) is 13.5. The molecule has 0 radical (unpaired) electrons. The Morgan fingerprint density at radius 1 is 1.00 bits per heavy atom. The Balaban J connectivity index is 1.72. The Morgan fingerprint density at radius 3 is 2.37 bits per heavy atom. The molecule has 38 heavy (non-hydrogen) atoms. The van der Waals surface area contributed by atoms with Gasteiger partial charge in [-0.1, -0.05) is 19.1 Å². The summed E-state index contributed by atoms with van der Waals surface area (Å²) in [5.41, 5.74) is -0.515. The average molecular weight is 572 g/mol. The number of sulfone groups is 1. The summed E-state index contributed by atoms with van der Waals surface area (Å²) in [5.74, 6) is -2.18. The predicted molar refractivity (Wildman–Crippen MR) is 125 cm³/mol. The van der Waals surface area contributed by atoms with Crippen LogP contribution < -0.4 is 8.92 Å². The first-order valence-electron chi connectivity index (χ1n) is 10.4. The maximum atomic E-state index is 12.7. The van der Waals surface area contributed by atoms with Gasteiger partial charge in [-0.2, -0.15) is 8.42 Å². The van der Waals surface area contributed by atoms with Crippen molar-refractivity contribution in [3.63, 3.8) is 0 Å². The van der Waals surface area contributed by atoms with Crippen molar-refractivity contribution in [1.29, 1.82) is 0 Å².